The van der Waals surface area contributed by atoms with Crippen LogP contribution in [0.25, 0.3) is 6.08 Å². The molecular formula is C19H19BrN2O5S. The van der Waals surface area contributed by atoms with E-state index in [4.69, 9.17) is 4.42 Å². The Kier molecular flexibility index (Phi) is 8.34. The van der Waals surface area contributed by atoms with Crippen LogP contribution in [0.2, 0.25) is 0 Å². The molecule has 2 rings (SSSR count). The van der Waals surface area contributed by atoms with Gasteiger partial charge in [-0.25, -0.2) is 4.79 Å². The van der Waals surface area contributed by atoms with Gasteiger partial charge < -0.3 is 20.2 Å². The predicted octanol–water partition coefficient (Wildman–Crippen LogP) is 3.14. The molecule has 1 aromatic carbocycles. The topological polar surface area (TPSA) is 109 Å². The third kappa shape index (κ3) is 6.58. The first kappa shape index (κ1) is 21.8. The highest BCUT2D eigenvalue weighted by atomic mass is 79.9. The number of hydrogen-bond donors (Lipinski definition) is 3. The maximum Gasteiger partial charge on any atom is 0.326 e. The summed E-state index contributed by atoms with van der Waals surface area (Å²) in [4.78, 5) is 36.4. The molecule has 0 spiro atoms. The van der Waals surface area contributed by atoms with E-state index in [1.807, 2.05) is 12.3 Å². The molecule has 0 aliphatic rings. The number of nitrogens with one attached hydrogen (secondary N) is 2. The summed E-state index contributed by atoms with van der Waals surface area (Å²) in [6.45, 7) is 0. The van der Waals surface area contributed by atoms with Gasteiger partial charge in [0.25, 0.3) is 11.8 Å². The van der Waals surface area contributed by atoms with Gasteiger partial charge in [0.15, 0.2) is 5.76 Å². The Morgan fingerprint density at radius 2 is 2.07 bits per heavy atom. The number of benzene rings is 1. The van der Waals surface area contributed by atoms with Gasteiger partial charge >= 0.3 is 5.97 Å². The Labute approximate surface area is 174 Å². The Bertz CT molecular complexity index is 867. The molecule has 28 heavy (non-hydrogen) atoms. The van der Waals surface area contributed by atoms with Crippen molar-refractivity contribution in [1.29, 1.82) is 0 Å². The summed E-state index contributed by atoms with van der Waals surface area (Å²) in [6, 6.07) is 9.05. The largest absolute Gasteiger partial charge is 0.480 e. The molecule has 0 aliphatic carbocycles. The summed E-state index contributed by atoms with van der Waals surface area (Å²) >= 11 is 4.83. The molecule has 2 aromatic rings. The van der Waals surface area contributed by atoms with Crippen LogP contribution in [-0.4, -0.2) is 40.9 Å². The summed E-state index contributed by atoms with van der Waals surface area (Å²) in [5, 5.41) is 14.3. The smallest absolute Gasteiger partial charge is 0.326 e. The summed E-state index contributed by atoms with van der Waals surface area (Å²) < 4.78 is 5.84. The van der Waals surface area contributed by atoms with Crippen molar-refractivity contribution in [1.82, 2.24) is 10.6 Å². The highest BCUT2D eigenvalue weighted by molar-refractivity contribution is 9.10. The minimum absolute atomic E-state index is 0.0325. The fourth-order valence-corrected chi connectivity index (χ4v) is 3.13. The highest BCUT2D eigenvalue weighted by Crippen LogP contribution is 2.15. The van der Waals surface area contributed by atoms with Crippen molar-refractivity contribution >= 4 is 51.6 Å². The zero-order valence-electron chi connectivity index (χ0n) is 15.0. The normalized spacial score (nSPS) is 12.3. The van der Waals surface area contributed by atoms with E-state index in [0.29, 0.717) is 11.3 Å². The van der Waals surface area contributed by atoms with Gasteiger partial charge in [-0.05, 0) is 54.3 Å². The van der Waals surface area contributed by atoms with Crippen LogP contribution >= 0.6 is 27.7 Å². The van der Waals surface area contributed by atoms with Crippen LogP contribution in [0.1, 0.15) is 22.5 Å². The van der Waals surface area contributed by atoms with Crippen LogP contribution in [0, 0.1) is 0 Å². The molecule has 1 heterocycles. The molecule has 0 bridgehead atoms. The van der Waals surface area contributed by atoms with Gasteiger partial charge in [-0.3, -0.25) is 9.59 Å². The number of aliphatic carboxylic acids is 1. The van der Waals surface area contributed by atoms with Crippen molar-refractivity contribution in [2.75, 3.05) is 12.0 Å². The monoisotopic (exact) mass is 466 g/mol. The van der Waals surface area contributed by atoms with Crippen molar-refractivity contribution < 1.29 is 23.9 Å². The van der Waals surface area contributed by atoms with Crippen LogP contribution in [0.4, 0.5) is 0 Å². The minimum Gasteiger partial charge on any atom is -0.480 e. The Hall–Kier alpha value is -2.52. The predicted molar refractivity (Wildman–Crippen MR) is 111 cm³/mol. The zero-order chi connectivity index (χ0) is 20.5. The molecule has 1 aromatic heterocycles. The summed E-state index contributed by atoms with van der Waals surface area (Å²) in [5.74, 6) is -1.85. The van der Waals surface area contributed by atoms with E-state index in [2.05, 4.69) is 26.6 Å². The quantitative estimate of drug-likeness (QED) is 0.489. The molecular weight excluding hydrogens is 448 g/mol. The number of rotatable bonds is 9. The molecule has 0 fully saturated rings. The number of carboxylic acid groups (broad SMARTS) is 1. The maximum absolute atomic E-state index is 12.7. The summed E-state index contributed by atoms with van der Waals surface area (Å²) in [7, 11) is 0. The Morgan fingerprint density at radius 3 is 2.68 bits per heavy atom. The average Bonchev–Trinajstić information content (AvgIpc) is 3.19. The van der Waals surface area contributed by atoms with E-state index in [0.717, 1.165) is 4.47 Å². The van der Waals surface area contributed by atoms with Gasteiger partial charge in [0.1, 0.15) is 11.7 Å². The third-order valence-corrected chi connectivity index (χ3v) is 4.75. The van der Waals surface area contributed by atoms with E-state index in [1.54, 1.807) is 24.3 Å². The lowest BCUT2D eigenvalue weighted by atomic mass is 10.1. The number of hydrogen-bond acceptors (Lipinski definition) is 5. The first-order chi connectivity index (χ1) is 13.4. The fraction of sp³-hybridized carbons (Fsp3) is 0.211. The lowest BCUT2D eigenvalue weighted by molar-refractivity contribution is -0.141. The SMILES string of the molecule is CSCC[C@H](NC(=O)/C(=C/c1cccc(Br)c1)NC(=O)c1ccco1)C(=O)O. The van der Waals surface area contributed by atoms with Crippen molar-refractivity contribution in [2.24, 2.45) is 0 Å². The third-order valence-electron chi connectivity index (χ3n) is 3.61. The fourth-order valence-electron chi connectivity index (χ4n) is 2.24. The summed E-state index contributed by atoms with van der Waals surface area (Å²) in [5.41, 5.74) is 0.560. The highest BCUT2D eigenvalue weighted by Gasteiger charge is 2.23. The molecule has 0 aliphatic heterocycles. The van der Waals surface area contributed by atoms with Crippen molar-refractivity contribution in [3.63, 3.8) is 0 Å². The maximum atomic E-state index is 12.7. The number of furan rings is 1. The van der Waals surface area contributed by atoms with Crippen LogP contribution in [-0.2, 0) is 9.59 Å². The van der Waals surface area contributed by atoms with E-state index >= 15 is 0 Å². The first-order valence-corrected chi connectivity index (χ1v) is 10.4. The van der Waals surface area contributed by atoms with Crippen LogP contribution < -0.4 is 10.6 Å². The molecule has 0 radical (unpaired) electrons. The first-order valence-electron chi connectivity index (χ1n) is 8.25. The molecule has 3 N–H and O–H groups in total. The standard InChI is InChI=1S/C19H19BrN2O5S/c1-28-9-7-14(19(25)26)21-17(23)15(11-12-4-2-5-13(20)10-12)22-18(24)16-6-3-8-27-16/h2-6,8,10-11,14H,7,9H2,1H3,(H,21,23)(H,22,24)(H,25,26)/b15-11-/t14-/m0/s1. The van der Waals surface area contributed by atoms with Crippen LogP contribution in [0.3, 0.4) is 0 Å². The molecule has 0 saturated heterocycles. The van der Waals surface area contributed by atoms with Gasteiger partial charge in [-0.2, -0.15) is 11.8 Å². The van der Waals surface area contributed by atoms with E-state index in [-0.39, 0.29) is 17.9 Å². The van der Waals surface area contributed by atoms with E-state index < -0.39 is 23.8 Å². The molecule has 0 unspecified atom stereocenters. The molecule has 9 heteroatoms. The molecule has 2 amide bonds. The van der Waals surface area contributed by atoms with Crippen molar-refractivity contribution in [2.45, 2.75) is 12.5 Å². The Balaban J connectivity index is 2.27. The molecule has 1 atom stereocenters. The van der Waals surface area contributed by atoms with Crippen LogP contribution in [0.5, 0.6) is 0 Å². The van der Waals surface area contributed by atoms with Gasteiger partial charge in [-0.1, -0.05) is 28.1 Å². The van der Waals surface area contributed by atoms with Gasteiger partial charge in [0.2, 0.25) is 0 Å². The second-order valence-electron chi connectivity index (χ2n) is 5.69. The number of thioether (sulfide) groups is 1. The Morgan fingerprint density at radius 1 is 1.29 bits per heavy atom. The van der Waals surface area contributed by atoms with Crippen LogP contribution in [0.15, 0.2) is 57.2 Å². The second kappa shape index (κ2) is 10.7. The van der Waals surface area contributed by atoms with E-state index in [9.17, 15) is 19.5 Å². The number of halogens is 1. The van der Waals surface area contributed by atoms with E-state index in [1.165, 1.54) is 30.2 Å². The van der Waals surface area contributed by atoms with Gasteiger partial charge in [-0.15, -0.1) is 0 Å². The van der Waals surface area contributed by atoms with Crippen molar-refractivity contribution in [3.05, 3.63) is 64.2 Å². The second-order valence-corrected chi connectivity index (χ2v) is 7.59. The number of amides is 2. The number of carboxylic acids is 1. The number of carbonyl (C=O) groups excluding carboxylic acids is 2. The number of carbonyl (C=O) groups is 3. The lowest BCUT2D eigenvalue weighted by Gasteiger charge is -2.16. The minimum atomic E-state index is -1.14. The van der Waals surface area contributed by atoms with Gasteiger partial charge in [0.05, 0.1) is 6.26 Å². The molecule has 0 saturated carbocycles. The lowest BCUT2D eigenvalue weighted by Crippen LogP contribution is -2.44. The van der Waals surface area contributed by atoms with Gasteiger partial charge in [0, 0.05) is 4.47 Å². The average molecular weight is 467 g/mol. The molecule has 7 nitrogen and oxygen atoms in total. The summed E-state index contributed by atoms with van der Waals surface area (Å²) in [6.07, 6.45) is 4.92. The van der Waals surface area contributed by atoms with Crippen molar-refractivity contribution in [3.8, 4) is 0 Å². The zero-order valence-corrected chi connectivity index (χ0v) is 17.4. The molecule has 148 valence electrons.